The molecular weight excluding hydrogens is 300 g/mol. The van der Waals surface area contributed by atoms with Crippen LogP contribution >= 0.6 is 0 Å². The predicted octanol–water partition coefficient (Wildman–Crippen LogP) is 1.55. The van der Waals surface area contributed by atoms with Gasteiger partial charge >= 0.3 is 0 Å². The molecule has 22 heavy (non-hydrogen) atoms. The summed E-state index contributed by atoms with van der Waals surface area (Å²) in [6, 6.07) is 9.87. The monoisotopic (exact) mass is 324 g/mol. The third kappa shape index (κ3) is 5.10. The molecule has 0 heterocycles. The number of carbonyl (C=O) groups is 1. The number of nitrogens with one attached hydrogen (secondary N) is 1. The number of nitrogens with zero attached hydrogens (tertiary/aromatic N) is 1. The van der Waals surface area contributed by atoms with Gasteiger partial charge in [0.15, 0.2) is 0 Å². The molecule has 1 aromatic rings. The molecule has 1 saturated carbocycles. The van der Waals surface area contributed by atoms with E-state index in [1.807, 2.05) is 30.3 Å². The number of hydrogen-bond donors (Lipinski definition) is 1. The van der Waals surface area contributed by atoms with Crippen molar-refractivity contribution in [3.8, 4) is 0 Å². The molecule has 0 saturated heterocycles. The van der Waals surface area contributed by atoms with Gasteiger partial charge in [0.2, 0.25) is 15.9 Å². The van der Waals surface area contributed by atoms with Gasteiger partial charge in [-0.05, 0) is 24.8 Å². The largest absolute Gasteiger partial charge is 0.355 e. The first-order valence-corrected chi connectivity index (χ1v) is 9.59. The zero-order valence-corrected chi connectivity index (χ0v) is 13.8. The van der Waals surface area contributed by atoms with E-state index in [0.717, 1.165) is 37.7 Å². The van der Waals surface area contributed by atoms with E-state index in [4.69, 9.17) is 0 Å². The van der Waals surface area contributed by atoms with Crippen LogP contribution in [0.4, 0.5) is 0 Å². The van der Waals surface area contributed by atoms with Crippen molar-refractivity contribution in [1.82, 2.24) is 9.62 Å². The molecule has 0 unspecified atom stereocenters. The second-order valence-electron chi connectivity index (χ2n) is 5.83. The van der Waals surface area contributed by atoms with E-state index in [1.165, 1.54) is 10.6 Å². The fourth-order valence-electron chi connectivity index (χ4n) is 2.90. The zero-order valence-electron chi connectivity index (χ0n) is 13.0. The fourth-order valence-corrected chi connectivity index (χ4v) is 4.00. The number of benzene rings is 1. The molecular formula is C16H24N2O3S. The number of amides is 1. The zero-order chi connectivity index (χ0) is 16.0. The Balaban J connectivity index is 1.83. The first-order valence-electron chi connectivity index (χ1n) is 7.74. The molecule has 1 amide bonds. The lowest BCUT2D eigenvalue weighted by Crippen LogP contribution is -2.45. The summed E-state index contributed by atoms with van der Waals surface area (Å²) in [4.78, 5) is 12.0. The number of carbonyl (C=O) groups excluding carboxylic acids is 1. The maximum absolute atomic E-state index is 12.0. The van der Waals surface area contributed by atoms with Crippen LogP contribution in [0.3, 0.4) is 0 Å². The summed E-state index contributed by atoms with van der Waals surface area (Å²) in [6.07, 6.45) is 5.70. The average molecular weight is 324 g/mol. The normalized spacial score (nSPS) is 16.1. The highest BCUT2D eigenvalue weighted by atomic mass is 32.2. The van der Waals surface area contributed by atoms with Crippen molar-refractivity contribution >= 4 is 15.9 Å². The Morgan fingerprint density at radius 3 is 2.45 bits per heavy atom. The first-order chi connectivity index (χ1) is 10.5. The van der Waals surface area contributed by atoms with Crippen LogP contribution in [0.1, 0.15) is 31.2 Å². The summed E-state index contributed by atoms with van der Waals surface area (Å²) in [7, 11) is -3.35. The minimum Gasteiger partial charge on any atom is -0.355 e. The molecule has 1 fully saturated rings. The quantitative estimate of drug-likeness (QED) is 0.827. The summed E-state index contributed by atoms with van der Waals surface area (Å²) < 4.78 is 25.1. The van der Waals surface area contributed by atoms with E-state index in [9.17, 15) is 13.2 Å². The smallest absolute Gasteiger partial charge is 0.235 e. The number of hydrogen-bond acceptors (Lipinski definition) is 3. The standard InChI is InChI=1S/C16H24N2O3S/c1-22(20,21)18(15-9-5-6-10-15)13-16(19)17-12-11-14-7-3-2-4-8-14/h2-4,7-8,15H,5-6,9-13H2,1H3,(H,17,19). The van der Waals surface area contributed by atoms with Crippen molar-refractivity contribution < 1.29 is 13.2 Å². The maximum atomic E-state index is 12.0. The van der Waals surface area contributed by atoms with Crippen LogP contribution in [0.2, 0.25) is 0 Å². The summed E-state index contributed by atoms with van der Waals surface area (Å²) in [6.45, 7) is 0.448. The third-order valence-corrected chi connectivity index (χ3v) is 5.32. The second kappa shape index (κ2) is 7.74. The molecule has 1 aliphatic rings. The van der Waals surface area contributed by atoms with Crippen LogP contribution in [0, 0.1) is 0 Å². The van der Waals surface area contributed by atoms with Gasteiger partial charge in [0.25, 0.3) is 0 Å². The molecule has 1 aromatic carbocycles. The molecule has 2 rings (SSSR count). The van der Waals surface area contributed by atoms with Crippen molar-refractivity contribution in [2.24, 2.45) is 0 Å². The molecule has 6 heteroatoms. The minimum atomic E-state index is -3.35. The van der Waals surface area contributed by atoms with Gasteiger partial charge in [0, 0.05) is 12.6 Å². The van der Waals surface area contributed by atoms with Crippen molar-refractivity contribution in [3.63, 3.8) is 0 Å². The van der Waals surface area contributed by atoms with E-state index in [-0.39, 0.29) is 18.5 Å². The molecule has 1 N–H and O–H groups in total. The van der Waals surface area contributed by atoms with Crippen molar-refractivity contribution in [3.05, 3.63) is 35.9 Å². The van der Waals surface area contributed by atoms with Crippen LogP contribution in [0.15, 0.2) is 30.3 Å². The van der Waals surface area contributed by atoms with Gasteiger partial charge in [-0.3, -0.25) is 4.79 Å². The van der Waals surface area contributed by atoms with E-state index in [2.05, 4.69) is 5.32 Å². The molecule has 1 aliphatic carbocycles. The van der Waals surface area contributed by atoms with Gasteiger partial charge < -0.3 is 5.32 Å². The Hall–Kier alpha value is -1.40. The van der Waals surface area contributed by atoms with E-state index < -0.39 is 10.0 Å². The third-order valence-electron chi connectivity index (χ3n) is 4.04. The van der Waals surface area contributed by atoms with Crippen molar-refractivity contribution in [2.45, 2.75) is 38.1 Å². The summed E-state index contributed by atoms with van der Waals surface area (Å²) in [5.74, 6) is -0.228. The summed E-state index contributed by atoms with van der Waals surface area (Å²) in [5.41, 5.74) is 1.15. The second-order valence-corrected chi connectivity index (χ2v) is 7.77. The molecule has 0 bridgehead atoms. The van der Waals surface area contributed by atoms with Crippen molar-refractivity contribution in [2.75, 3.05) is 19.3 Å². The van der Waals surface area contributed by atoms with Crippen LogP contribution in [0.25, 0.3) is 0 Å². The molecule has 0 spiro atoms. The highest BCUT2D eigenvalue weighted by Gasteiger charge is 2.30. The fraction of sp³-hybridized carbons (Fsp3) is 0.562. The Kier molecular flexibility index (Phi) is 5.97. The predicted molar refractivity (Wildman–Crippen MR) is 87.0 cm³/mol. The minimum absolute atomic E-state index is 0.0186. The molecule has 122 valence electrons. The maximum Gasteiger partial charge on any atom is 0.235 e. The van der Waals surface area contributed by atoms with Gasteiger partial charge in [-0.1, -0.05) is 43.2 Å². The Labute approximate surface area is 132 Å². The van der Waals surface area contributed by atoms with Gasteiger partial charge in [-0.15, -0.1) is 0 Å². The lowest BCUT2D eigenvalue weighted by atomic mass is 10.1. The summed E-state index contributed by atoms with van der Waals surface area (Å²) >= 11 is 0. The lowest BCUT2D eigenvalue weighted by Gasteiger charge is -2.25. The Morgan fingerprint density at radius 2 is 1.86 bits per heavy atom. The average Bonchev–Trinajstić information content (AvgIpc) is 2.98. The molecule has 0 aromatic heterocycles. The van der Waals surface area contributed by atoms with E-state index in [0.29, 0.717) is 6.54 Å². The molecule has 0 aliphatic heterocycles. The molecule has 5 nitrogen and oxygen atoms in total. The molecule has 0 atom stereocenters. The highest BCUT2D eigenvalue weighted by molar-refractivity contribution is 7.88. The van der Waals surface area contributed by atoms with Crippen molar-refractivity contribution in [1.29, 1.82) is 0 Å². The van der Waals surface area contributed by atoms with E-state index >= 15 is 0 Å². The highest BCUT2D eigenvalue weighted by Crippen LogP contribution is 2.24. The van der Waals surface area contributed by atoms with Gasteiger partial charge in [0.1, 0.15) is 0 Å². The van der Waals surface area contributed by atoms with Crippen LogP contribution in [-0.2, 0) is 21.2 Å². The number of sulfonamides is 1. The van der Waals surface area contributed by atoms with E-state index in [1.54, 1.807) is 0 Å². The van der Waals surface area contributed by atoms with Crippen LogP contribution < -0.4 is 5.32 Å². The van der Waals surface area contributed by atoms with Crippen LogP contribution in [0.5, 0.6) is 0 Å². The van der Waals surface area contributed by atoms with Crippen LogP contribution in [-0.4, -0.2) is 44.0 Å². The number of rotatable bonds is 7. The first kappa shape index (κ1) is 17.0. The van der Waals surface area contributed by atoms with Gasteiger partial charge in [-0.25, -0.2) is 8.42 Å². The Morgan fingerprint density at radius 1 is 1.23 bits per heavy atom. The molecule has 0 radical (unpaired) electrons. The summed E-state index contributed by atoms with van der Waals surface area (Å²) in [5, 5.41) is 2.81. The van der Waals surface area contributed by atoms with Gasteiger partial charge in [0.05, 0.1) is 12.8 Å². The van der Waals surface area contributed by atoms with Gasteiger partial charge in [-0.2, -0.15) is 4.31 Å². The Bertz CT molecular complexity index is 581. The SMILES string of the molecule is CS(=O)(=O)N(CC(=O)NCCc1ccccc1)C1CCCC1. The lowest BCUT2D eigenvalue weighted by molar-refractivity contribution is -0.121. The topological polar surface area (TPSA) is 66.5 Å².